The highest BCUT2D eigenvalue weighted by molar-refractivity contribution is 14.1. The highest BCUT2D eigenvalue weighted by atomic mass is 127. The summed E-state index contributed by atoms with van der Waals surface area (Å²) in [4.78, 5) is 12.4. The molecule has 0 fully saturated rings. The van der Waals surface area contributed by atoms with Gasteiger partial charge in [0.2, 0.25) is 5.52 Å². The standard InChI is InChI=1S/C19H15INO2/c1-23-14-9-13-7-8-17(22)21-11-16(20)18(15(10-14)19(13)21)12-5-3-2-4-6-12/h2-6,9-11H,7-8H2,1H3/q+1. The molecule has 114 valence electrons. The average molecular weight is 416 g/mol. The van der Waals surface area contributed by atoms with Gasteiger partial charge in [-0.25, -0.2) is 4.79 Å². The maximum atomic E-state index is 12.4. The molecule has 1 aliphatic rings. The number of hydrogen-bond acceptors (Lipinski definition) is 2. The van der Waals surface area contributed by atoms with Crippen LogP contribution in [0.5, 0.6) is 5.75 Å². The van der Waals surface area contributed by atoms with Gasteiger partial charge >= 0.3 is 5.91 Å². The third-order valence-electron chi connectivity index (χ3n) is 4.33. The van der Waals surface area contributed by atoms with Gasteiger partial charge in [0.1, 0.15) is 5.75 Å². The van der Waals surface area contributed by atoms with Crippen molar-refractivity contribution in [2.24, 2.45) is 0 Å². The summed E-state index contributed by atoms with van der Waals surface area (Å²) in [5.41, 5.74) is 4.50. The Morgan fingerprint density at radius 3 is 2.65 bits per heavy atom. The summed E-state index contributed by atoms with van der Waals surface area (Å²) in [6.07, 6.45) is 3.27. The normalized spacial score (nSPS) is 13.4. The lowest BCUT2D eigenvalue weighted by Gasteiger charge is -2.15. The largest absolute Gasteiger partial charge is 0.497 e. The second-order valence-corrected chi connectivity index (χ2v) is 6.83. The molecule has 0 saturated heterocycles. The van der Waals surface area contributed by atoms with Gasteiger partial charge in [-0.05, 0) is 46.7 Å². The molecule has 4 rings (SSSR count). The van der Waals surface area contributed by atoms with E-state index < -0.39 is 0 Å². The highest BCUT2D eigenvalue weighted by Crippen LogP contribution is 2.36. The molecule has 3 aromatic rings. The zero-order valence-electron chi connectivity index (χ0n) is 12.7. The molecule has 0 unspecified atom stereocenters. The highest BCUT2D eigenvalue weighted by Gasteiger charge is 2.31. The molecule has 0 saturated carbocycles. The van der Waals surface area contributed by atoms with Gasteiger partial charge < -0.3 is 4.74 Å². The van der Waals surface area contributed by atoms with Crippen molar-refractivity contribution in [3.05, 3.63) is 57.8 Å². The second kappa shape index (κ2) is 5.60. The molecule has 4 heteroatoms. The SMILES string of the molecule is COc1cc2c3c(c1)c(-c1ccccc1)c(I)c[n+]3C(=O)CC2. The lowest BCUT2D eigenvalue weighted by molar-refractivity contribution is -0.549. The maximum absolute atomic E-state index is 12.4. The number of rotatable bonds is 2. The van der Waals surface area contributed by atoms with Gasteiger partial charge in [-0.3, -0.25) is 0 Å². The Hall–Kier alpha value is -1.95. The summed E-state index contributed by atoms with van der Waals surface area (Å²) >= 11 is 2.32. The summed E-state index contributed by atoms with van der Waals surface area (Å²) in [7, 11) is 1.69. The fraction of sp³-hybridized carbons (Fsp3) is 0.158. The van der Waals surface area contributed by atoms with Crippen LogP contribution in [-0.4, -0.2) is 13.0 Å². The third kappa shape index (κ3) is 2.32. The Morgan fingerprint density at radius 1 is 1.13 bits per heavy atom. The molecule has 0 atom stereocenters. The van der Waals surface area contributed by atoms with Crippen LogP contribution >= 0.6 is 22.6 Å². The molecule has 0 spiro atoms. The van der Waals surface area contributed by atoms with Gasteiger partial charge in [0.15, 0.2) is 6.20 Å². The molecule has 0 radical (unpaired) electrons. The van der Waals surface area contributed by atoms with Gasteiger partial charge in [0.25, 0.3) is 0 Å². The van der Waals surface area contributed by atoms with Crippen LogP contribution in [0.3, 0.4) is 0 Å². The Bertz CT molecular complexity index is 935. The van der Waals surface area contributed by atoms with E-state index in [1.165, 1.54) is 5.56 Å². The number of benzene rings is 2. The van der Waals surface area contributed by atoms with Crippen molar-refractivity contribution < 1.29 is 14.1 Å². The van der Waals surface area contributed by atoms with E-state index in [-0.39, 0.29) is 5.91 Å². The molecule has 0 aliphatic carbocycles. The van der Waals surface area contributed by atoms with Crippen molar-refractivity contribution in [3.63, 3.8) is 0 Å². The van der Waals surface area contributed by atoms with Crippen molar-refractivity contribution in [2.45, 2.75) is 12.8 Å². The smallest absolute Gasteiger partial charge is 0.393 e. The number of aromatic nitrogens is 1. The van der Waals surface area contributed by atoms with E-state index in [4.69, 9.17) is 4.74 Å². The summed E-state index contributed by atoms with van der Waals surface area (Å²) in [5, 5.41) is 1.07. The molecule has 0 bridgehead atoms. The summed E-state index contributed by atoms with van der Waals surface area (Å²) < 4.78 is 8.36. The Kier molecular flexibility index (Phi) is 3.56. The topological polar surface area (TPSA) is 30.2 Å². The van der Waals surface area contributed by atoms with E-state index in [1.54, 1.807) is 7.11 Å². The van der Waals surface area contributed by atoms with E-state index >= 15 is 0 Å². The first-order valence-electron chi connectivity index (χ1n) is 7.52. The second-order valence-electron chi connectivity index (χ2n) is 5.66. The zero-order valence-corrected chi connectivity index (χ0v) is 14.8. The van der Waals surface area contributed by atoms with E-state index in [9.17, 15) is 4.79 Å². The van der Waals surface area contributed by atoms with Crippen LogP contribution in [0.2, 0.25) is 0 Å². The van der Waals surface area contributed by atoms with E-state index in [1.807, 2.05) is 41.1 Å². The number of halogens is 1. The van der Waals surface area contributed by atoms with Crippen LogP contribution in [-0.2, 0) is 6.42 Å². The maximum Gasteiger partial charge on any atom is 0.393 e. The van der Waals surface area contributed by atoms with Crippen LogP contribution < -0.4 is 9.30 Å². The first kappa shape index (κ1) is 14.6. The summed E-state index contributed by atoms with van der Waals surface area (Å²) in [6, 6.07) is 14.4. The number of carbonyl (C=O) groups excluding carboxylic acids is 1. The number of nitrogens with zero attached hydrogens (tertiary/aromatic N) is 1. The van der Waals surface area contributed by atoms with Crippen LogP contribution in [0.1, 0.15) is 16.8 Å². The zero-order chi connectivity index (χ0) is 16.0. The molecular weight excluding hydrogens is 401 g/mol. The fourth-order valence-corrected chi connectivity index (χ4v) is 4.16. The number of methoxy groups -OCH3 is 1. The van der Waals surface area contributed by atoms with Crippen molar-refractivity contribution in [1.82, 2.24) is 0 Å². The van der Waals surface area contributed by atoms with E-state index in [0.717, 1.165) is 37.8 Å². The van der Waals surface area contributed by atoms with E-state index in [2.05, 4.69) is 34.7 Å². The number of carbonyl (C=O) groups is 1. The Morgan fingerprint density at radius 2 is 1.91 bits per heavy atom. The van der Waals surface area contributed by atoms with Gasteiger partial charge in [0, 0.05) is 11.1 Å². The third-order valence-corrected chi connectivity index (χ3v) is 5.15. The number of aryl methyl sites for hydroxylation is 1. The summed E-state index contributed by atoms with van der Waals surface area (Å²) in [5.74, 6) is 0.998. The molecule has 2 aromatic carbocycles. The lowest BCUT2D eigenvalue weighted by Crippen LogP contribution is -2.46. The molecule has 0 amide bonds. The van der Waals surface area contributed by atoms with Crippen molar-refractivity contribution in [3.8, 4) is 16.9 Å². The molecule has 1 aromatic heterocycles. The Labute approximate surface area is 148 Å². The van der Waals surface area contributed by atoms with Gasteiger partial charge in [-0.2, -0.15) is 0 Å². The van der Waals surface area contributed by atoms with Crippen LogP contribution in [0.4, 0.5) is 0 Å². The van der Waals surface area contributed by atoms with Crippen LogP contribution in [0.15, 0.2) is 48.7 Å². The first-order chi connectivity index (χ1) is 11.2. The van der Waals surface area contributed by atoms with Gasteiger partial charge in [0.05, 0.1) is 22.5 Å². The Balaban J connectivity index is 2.16. The van der Waals surface area contributed by atoms with Gasteiger partial charge in [-0.15, -0.1) is 4.57 Å². The monoisotopic (exact) mass is 416 g/mol. The molecular formula is C19H15INO2+. The minimum atomic E-state index is 0.158. The minimum Gasteiger partial charge on any atom is -0.497 e. The average Bonchev–Trinajstić information content (AvgIpc) is 2.58. The predicted molar refractivity (Wildman–Crippen MR) is 97.8 cm³/mol. The number of pyridine rings is 1. The predicted octanol–water partition coefficient (Wildman–Crippen LogP) is 3.99. The lowest BCUT2D eigenvalue weighted by atomic mass is 9.95. The minimum absolute atomic E-state index is 0.158. The number of hydrogen-bond donors (Lipinski definition) is 0. The molecule has 1 aliphatic heterocycles. The van der Waals surface area contributed by atoms with Crippen LogP contribution in [0.25, 0.3) is 22.0 Å². The first-order valence-corrected chi connectivity index (χ1v) is 8.60. The fourth-order valence-electron chi connectivity index (χ4n) is 3.28. The van der Waals surface area contributed by atoms with E-state index in [0.29, 0.717) is 6.42 Å². The van der Waals surface area contributed by atoms with Crippen molar-refractivity contribution >= 4 is 39.4 Å². The summed E-state index contributed by atoms with van der Waals surface area (Å²) in [6.45, 7) is 0. The quantitative estimate of drug-likeness (QED) is 0.467. The van der Waals surface area contributed by atoms with Crippen molar-refractivity contribution in [1.29, 1.82) is 0 Å². The van der Waals surface area contributed by atoms with Crippen LogP contribution in [0, 0.1) is 3.57 Å². The molecule has 0 N–H and O–H groups in total. The number of ether oxygens (including phenoxy) is 1. The van der Waals surface area contributed by atoms with Crippen molar-refractivity contribution in [2.75, 3.05) is 7.11 Å². The van der Waals surface area contributed by atoms with Gasteiger partial charge in [-0.1, -0.05) is 30.3 Å². The molecule has 2 heterocycles. The molecule has 23 heavy (non-hydrogen) atoms. The molecule has 3 nitrogen and oxygen atoms in total.